The zero-order chi connectivity index (χ0) is 14.5. The molecule has 1 aliphatic carbocycles. The standard InChI is InChI=1S/C19H24N2/c1-2-21-19(17-10-6-12-20-14-17)13-16-9-5-8-15-7-3-4-11-18(15)16/h3-4,6-7,10-12,14,16,19,21H,2,5,8-9,13H2,1H3. The lowest BCUT2D eigenvalue weighted by Gasteiger charge is -2.29. The van der Waals surface area contributed by atoms with Gasteiger partial charge < -0.3 is 5.32 Å². The van der Waals surface area contributed by atoms with Crippen molar-refractivity contribution in [2.24, 2.45) is 0 Å². The van der Waals surface area contributed by atoms with Crippen molar-refractivity contribution in [3.8, 4) is 0 Å². The molecule has 0 amide bonds. The van der Waals surface area contributed by atoms with Crippen molar-refractivity contribution in [1.29, 1.82) is 0 Å². The fraction of sp³-hybridized carbons (Fsp3) is 0.421. The summed E-state index contributed by atoms with van der Waals surface area (Å²) in [6.07, 6.45) is 8.87. The Hall–Kier alpha value is -1.67. The molecule has 0 saturated carbocycles. The second kappa shape index (κ2) is 6.86. The predicted octanol–water partition coefficient (Wildman–Crippen LogP) is 4.24. The lowest BCUT2D eigenvalue weighted by atomic mass is 9.79. The lowest BCUT2D eigenvalue weighted by molar-refractivity contribution is 0.425. The van der Waals surface area contributed by atoms with Crippen LogP contribution in [0.25, 0.3) is 0 Å². The highest BCUT2D eigenvalue weighted by Crippen LogP contribution is 2.37. The second-order valence-corrected chi connectivity index (χ2v) is 5.92. The molecule has 3 rings (SSSR count). The highest BCUT2D eigenvalue weighted by atomic mass is 14.9. The first-order valence-electron chi connectivity index (χ1n) is 8.09. The van der Waals surface area contributed by atoms with Crippen molar-refractivity contribution < 1.29 is 0 Å². The predicted molar refractivity (Wildman–Crippen MR) is 87.4 cm³/mol. The van der Waals surface area contributed by atoms with E-state index < -0.39 is 0 Å². The minimum absolute atomic E-state index is 0.403. The minimum atomic E-state index is 0.403. The first-order valence-corrected chi connectivity index (χ1v) is 8.09. The van der Waals surface area contributed by atoms with E-state index in [-0.39, 0.29) is 0 Å². The molecule has 1 aromatic heterocycles. The SMILES string of the molecule is CCNC(CC1CCCc2ccccc21)c1cccnc1. The summed E-state index contributed by atoms with van der Waals surface area (Å²) in [6.45, 7) is 3.17. The van der Waals surface area contributed by atoms with Crippen molar-refractivity contribution >= 4 is 0 Å². The molecule has 2 unspecified atom stereocenters. The van der Waals surface area contributed by atoms with Crippen LogP contribution in [-0.4, -0.2) is 11.5 Å². The molecule has 0 spiro atoms. The lowest BCUT2D eigenvalue weighted by Crippen LogP contribution is -2.24. The van der Waals surface area contributed by atoms with E-state index in [9.17, 15) is 0 Å². The first kappa shape index (κ1) is 14.3. The van der Waals surface area contributed by atoms with Gasteiger partial charge in [-0.1, -0.05) is 37.3 Å². The molecule has 1 aliphatic rings. The van der Waals surface area contributed by atoms with Crippen LogP contribution in [0.5, 0.6) is 0 Å². The summed E-state index contributed by atoms with van der Waals surface area (Å²) in [6, 6.07) is 13.6. The van der Waals surface area contributed by atoms with Gasteiger partial charge in [0, 0.05) is 18.4 Å². The van der Waals surface area contributed by atoms with E-state index in [4.69, 9.17) is 0 Å². The molecule has 0 bridgehead atoms. The topological polar surface area (TPSA) is 24.9 Å². The van der Waals surface area contributed by atoms with E-state index in [1.54, 1.807) is 11.1 Å². The van der Waals surface area contributed by atoms with E-state index in [2.05, 4.69) is 47.6 Å². The normalized spacial score (nSPS) is 19.0. The van der Waals surface area contributed by atoms with Crippen LogP contribution < -0.4 is 5.32 Å². The highest BCUT2D eigenvalue weighted by molar-refractivity contribution is 5.33. The Morgan fingerprint density at radius 1 is 1.24 bits per heavy atom. The summed E-state index contributed by atoms with van der Waals surface area (Å²) in [5.74, 6) is 0.666. The Balaban J connectivity index is 1.81. The van der Waals surface area contributed by atoms with Gasteiger partial charge in [-0.25, -0.2) is 0 Å². The minimum Gasteiger partial charge on any atom is -0.310 e. The quantitative estimate of drug-likeness (QED) is 0.886. The van der Waals surface area contributed by atoms with E-state index in [1.165, 1.54) is 24.8 Å². The maximum Gasteiger partial charge on any atom is 0.0341 e. The molecular formula is C19H24N2. The third-order valence-corrected chi connectivity index (χ3v) is 4.55. The average Bonchev–Trinajstić information content (AvgIpc) is 2.55. The van der Waals surface area contributed by atoms with Crippen molar-refractivity contribution in [2.45, 2.75) is 44.6 Å². The molecule has 110 valence electrons. The van der Waals surface area contributed by atoms with Crippen LogP contribution >= 0.6 is 0 Å². The van der Waals surface area contributed by atoms with Crippen LogP contribution in [0.1, 0.15) is 54.8 Å². The summed E-state index contributed by atoms with van der Waals surface area (Å²) >= 11 is 0. The number of hydrogen-bond acceptors (Lipinski definition) is 2. The largest absolute Gasteiger partial charge is 0.310 e. The van der Waals surface area contributed by atoms with Crippen molar-refractivity contribution in [2.75, 3.05) is 6.54 Å². The molecule has 1 aromatic carbocycles. The van der Waals surface area contributed by atoms with Crippen LogP contribution in [0.15, 0.2) is 48.8 Å². The molecule has 2 aromatic rings. The van der Waals surface area contributed by atoms with Gasteiger partial charge in [-0.2, -0.15) is 0 Å². The fourth-order valence-corrected chi connectivity index (χ4v) is 3.55. The Labute approximate surface area is 127 Å². The van der Waals surface area contributed by atoms with Crippen molar-refractivity contribution in [3.63, 3.8) is 0 Å². The van der Waals surface area contributed by atoms with Gasteiger partial charge in [0.25, 0.3) is 0 Å². The highest BCUT2D eigenvalue weighted by Gasteiger charge is 2.23. The number of nitrogens with zero attached hydrogens (tertiary/aromatic N) is 1. The summed E-state index contributed by atoms with van der Waals surface area (Å²) in [4.78, 5) is 4.29. The monoisotopic (exact) mass is 280 g/mol. The number of rotatable bonds is 5. The maximum absolute atomic E-state index is 4.29. The number of benzene rings is 1. The van der Waals surface area contributed by atoms with Crippen LogP contribution in [0, 0.1) is 0 Å². The molecule has 0 aliphatic heterocycles. The summed E-state index contributed by atoms with van der Waals surface area (Å²) in [5, 5.41) is 3.64. The van der Waals surface area contributed by atoms with Crippen molar-refractivity contribution in [1.82, 2.24) is 10.3 Å². The molecule has 1 heterocycles. The van der Waals surface area contributed by atoms with Gasteiger partial charge in [-0.05, 0) is 60.9 Å². The number of nitrogens with one attached hydrogen (secondary N) is 1. The molecule has 1 N–H and O–H groups in total. The Bertz CT molecular complexity index is 565. The van der Waals surface area contributed by atoms with Crippen LogP contribution in [-0.2, 0) is 6.42 Å². The molecule has 0 saturated heterocycles. The molecule has 0 fully saturated rings. The van der Waals surface area contributed by atoms with E-state index in [1.807, 2.05) is 18.5 Å². The third-order valence-electron chi connectivity index (χ3n) is 4.55. The van der Waals surface area contributed by atoms with Gasteiger partial charge >= 0.3 is 0 Å². The molecule has 21 heavy (non-hydrogen) atoms. The van der Waals surface area contributed by atoms with Crippen LogP contribution in [0.4, 0.5) is 0 Å². The summed E-state index contributed by atoms with van der Waals surface area (Å²) < 4.78 is 0. The molecular weight excluding hydrogens is 256 g/mol. The molecule has 0 radical (unpaired) electrons. The molecule has 2 nitrogen and oxygen atoms in total. The van der Waals surface area contributed by atoms with Gasteiger partial charge in [0.1, 0.15) is 0 Å². The number of hydrogen-bond donors (Lipinski definition) is 1. The van der Waals surface area contributed by atoms with Gasteiger partial charge in [-0.15, -0.1) is 0 Å². The number of aryl methyl sites for hydroxylation is 1. The van der Waals surface area contributed by atoms with Crippen LogP contribution in [0.2, 0.25) is 0 Å². The van der Waals surface area contributed by atoms with Gasteiger partial charge in [0.15, 0.2) is 0 Å². The smallest absolute Gasteiger partial charge is 0.0341 e. The van der Waals surface area contributed by atoms with Gasteiger partial charge in [-0.3, -0.25) is 4.98 Å². The Morgan fingerprint density at radius 2 is 2.14 bits per heavy atom. The fourth-order valence-electron chi connectivity index (χ4n) is 3.55. The van der Waals surface area contributed by atoms with Gasteiger partial charge in [0.05, 0.1) is 0 Å². The number of fused-ring (bicyclic) bond motifs is 1. The summed E-state index contributed by atoms with van der Waals surface area (Å²) in [5.41, 5.74) is 4.42. The Morgan fingerprint density at radius 3 is 2.95 bits per heavy atom. The maximum atomic E-state index is 4.29. The van der Waals surface area contributed by atoms with Crippen LogP contribution in [0.3, 0.4) is 0 Å². The van der Waals surface area contributed by atoms with Gasteiger partial charge in [0.2, 0.25) is 0 Å². The van der Waals surface area contributed by atoms with E-state index in [0.29, 0.717) is 12.0 Å². The van der Waals surface area contributed by atoms with Crippen molar-refractivity contribution in [3.05, 3.63) is 65.5 Å². The third kappa shape index (κ3) is 3.33. The zero-order valence-corrected chi connectivity index (χ0v) is 12.8. The average molecular weight is 280 g/mol. The van der Waals surface area contributed by atoms with E-state index in [0.717, 1.165) is 13.0 Å². The number of pyridine rings is 1. The number of aromatic nitrogens is 1. The van der Waals surface area contributed by atoms with E-state index >= 15 is 0 Å². The molecule has 2 atom stereocenters. The zero-order valence-electron chi connectivity index (χ0n) is 12.8. The molecule has 2 heteroatoms. The second-order valence-electron chi connectivity index (χ2n) is 5.92. The summed E-state index contributed by atoms with van der Waals surface area (Å²) in [7, 11) is 0. The Kier molecular flexibility index (Phi) is 4.66. The first-order chi connectivity index (χ1) is 10.4.